The van der Waals surface area contributed by atoms with E-state index in [0.29, 0.717) is 5.75 Å². The van der Waals surface area contributed by atoms with Gasteiger partial charge < -0.3 is 9.47 Å². The molecule has 0 N–H and O–H groups in total. The molecule has 1 rings (SSSR count). The van der Waals surface area contributed by atoms with Crippen molar-refractivity contribution in [1.82, 2.24) is 0 Å². The van der Waals surface area contributed by atoms with E-state index in [9.17, 15) is 13.2 Å². The maximum absolute atomic E-state index is 11.9. The zero-order valence-electron chi connectivity index (χ0n) is 9.43. The summed E-state index contributed by atoms with van der Waals surface area (Å²) in [5.41, 5.74) is 0.804. The molecule has 0 saturated heterocycles. The van der Waals surface area contributed by atoms with Crippen LogP contribution in [0.4, 0.5) is 13.2 Å². The predicted octanol–water partition coefficient (Wildman–Crippen LogP) is 4.47. The number of benzene rings is 1. The molecular weight excluding hydrogens is 381 g/mol. The first-order valence-corrected chi connectivity index (χ1v) is 6.66. The van der Waals surface area contributed by atoms with E-state index in [2.05, 4.69) is 36.6 Å². The van der Waals surface area contributed by atoms with Crippen LogP contribution in [0.5, 0.6) is 5.75 Å². The van der Waals surface area contributed by atoms with Gasteiger partial charge in [-0.3, -0.25) is 0 Å². The Morgan fingerprint density at radius 1 is 1.33 bits per heavy atom. The fourth-order valence-corrected chi connectivity index (χ4v) is 2.78. The lowest BCUT2D eigenvalue weighted by atomic mass is 10.1. The van der Waals surface area contributed by atoms with Gasteiger partial charge >= 0.3 is 6.18 Å². The number of halogens is 5. The molecule has 102 valence electrons. The first-order valence-electron chi connectivity index (χ1n) is 4.95. The van der Waals surface area contributed by atoms with Crippen LogP contribution >= 0.6 is 31.9 Å². The Bertz CT molecular complexity index is 396. The minimum absolute atomic E-state index is 0.0650. The van der Waals surface area contributed by atoms with Gasteiger partial charge in [-0.15, -0.1) is 0 Å². The van der Waals surface area contributed by atoms with Gasteiger partial charge in [0.05, 0.1) is 18.5 Å². The first-order chi connectivity index (χ1) is 8.33. The third kappa shape index (κ3) is 5.16. The summed E-state index contributed by atoms with van der Waals surface area (Å²) in [7, 11) is 1.54. The van der Waals surface area contributed by atoms with Crippen LogP contribution in [0.25, 0.3) is 0 Å². The van der Waals surface area contributed by atoms with Crippen molar-refractivity contribution in [2.24, 2.45) is 0 Å². The topological polar surface area (TPSA) is 18.5 Å². The summed E-state index contributed by atoms with van der Waals surface area (Å²) in [6.45, 7) is -1.31. The normalized spacial score (nSPS) is 13.4. The maximum atomic E-state index is 11.9. The van der Waals surface area contributed by atoms with Crippen LogP contribution in [0.2, 0.25) is 0 Å². The lowest BCUT2D eigenvalue weighted by molar-refractivity contribution is -0.173. The first kappa shape index (κ1) is 15.8. The second-order valence-electron chi connectivity index (χ2n) is 3.49. The van der Waals surface area contributed by atoms with E-state index in [-0.39, 0.29) is 11.4 Å². The number of rotatable bonds is 5. The van der Waals surface area contributed by atoms with E-state index in [1.807, 2.05) is 0 Å². The Morgan fingerprint density at radius 3 is 2.50 bits per heavy atom. The maximum Gasteiger partial charge on any atom is 0.411 e. The highest BCUT2D eigenvalue weighted by Crippen LogP contribution is 2.32. The molecule has 1 unspecified atom stereocenters. The molecule has 7 heteroatoms. The Morgan fingerprint density at radius 2 is 2.00 bits per heavy atom. The van der Waals surface area contributed by atoms with E-state index in [1.165, 1.54) is 0 Å². The summed E-state index contributed by atoms with van der Waals surface area (Å²) in [6.07, 6.45) is -4.30. The van der Waals surface area contributed by atoms with Gasteiger partial charge in [0.15, 0.2) is 0 Å². The van der Waals surface area contributed by atoms with Gasteiger partial charge in [0, 0.05) is 4.47 Å². The van der Waals surface area contributed by atoms with Gasteiger partial charge in [0.2, 0.25) is 0 Å². The SMILES string of the molecule is COc1ccc(C(Br)COCC(F)(F)F)c(Br)c1. The standard InChI is InChI=1S/C11H11Br2F3O2/c1-17-7-2-3-8(9(12)4-7)10(13)5-18-6-11(14,15)16/h2-4,10H,5-6H2,1H3. The summed E-state index contributed by atoms with van der Waals surface area (Å²) >= 11 is 6.62. The summed E-state index contributed by atoms with van der Waals surface area (Å²) in [5.74, 6) is 0.668. The molecule has 0 saturated carbocycles. The molecule has 0 aromatic heterocycles. The Kier molecular flexibility index (Phi) is 5.94. The van der Waals surface area contributed by atoms with Crippen molar-refractivity contribution < 1.29 is 22.6 Å². The second kappa shape index (κ2) is 6.77. The minimum Gasteiger partial charge on any atom is -0.497 e. The quantitative estimate of drug-likeness (QED) is 0.689. The average Bonchev–Trinajstić information content (AvgIpc) is 2.26. The Balaban J connectivity index is 2.59. The molecule has 0 radical (unpaired) electrons. The van der Waals surface area contributed by atoms with Crippen LogP contribution < -0.4 is 4.74 Å². The van der Waals surface area contributed by atoms with Crippen LogP contribution in [0.1, 0.15) is 10.4 Å². The van der Waals surface area contributed by atoms with Crippen molar-refractivity contribution in [3.05, 3.63) is 28.2 Å². The van der Waals surface area contributed by atoms with Crippen molar-refractivity contribution in [2.45, 2.75) is 11.0 Å². The molecule has 1 atom stereocenters. The third-order valence-corrected chi connectivity index (χ3v) is 3.52. The monoisotopic (exact) mass is 390 g/mol. The van der Waals surface area contributed by atoms with Crippen LogP contribution in [-0.2, 0) is 4.74 Å². The molecule has 2 nitrogen and oxygen atoms in total. The number of ether oxygens (including phenoxy) is 2. The van der Waals surface area contributed by atoms with Crippen LogP contribution in [-0.4, -0.2) is 26.5 Å². The van der Waals surface area contributed by atoms with Crippen molar-refractivity contribution in [2.75, 3.05) is 20.3 Å². The number of hydrogen-bond donors (Lipinski definition) is 0. The van der Waals surface area contributed by atoms with Crippen LogP contribution in [0.15, 0.2) is 22.7 Å². The lowest BCUT2D eigenvalue weighted by Gasteiger charge is -2.14. The lowest BCUT2D eigenvalue weighted by Crippen LogP contribution is -2.18. The molecule has 0 fully saturated rings. The largest absolute Gasteiger partial charge is 0.497 e. The fourth-order valence-electron chi connectivity index (χ4n) is 1.26. The van der Waals surface area contributed by atoms with Gasteiger partial charge in [-0.1, -0.05) is 37.9 Å². The van der Waals surface area contributed by atoms with E-state index >= 15 is 0 Å². The van der Waals surface area contributed by atoms with Crippen molar-refractivity contribution in [1.29, 1.82) is 0 Å². The number of hydrogen-bond acceptors (Lipinski definition) is 2. The molecule has 0 aliphatic carbocycles. The molecule has 0 heterocycles. The summed E-state index contributed by atoms with van der Waals surface area (Å²) in [4.78, 5) is -0.319. The van der Waals surface area contributed by atoms with Crippen molar-refractivity contribution >= 4 is 31.9 Å². The van der Waals surface area contributed by atoms with E-state index < -0.39 is 12.8 Å². The highest BCUT2D eigenvalue weighted by atomic mass is 79.9. The molecule has 0 amide bonds. The minimum atomic E-state index is -4.30. The van der Waals surface area contributed by atoms with Crippen LogP contribution in [0.3, 0.4) is 0 Å². The zero-order valence-corrected chi connectivity index (χ0v) is 12.6. The summed E-state index contributed by atoms with van der Waals surface area (Å²) < 4.78 is 46.1. The Hall–Kier alpha value is -0.270. The molecule has 1 aromatic rings. The van der Waals surface area contributed by atoms with Gasteiger partial charge in [-0.25, -0.2) is 0 Å². The summed E-state index contributed by atoms with van der Waals surface area (Å²) in [5, 5.41) is 0. The number of methoxy groups -OCH3 is 1. The van der Waals surface area contributed by atoms with Crippen molar-refractivity contribution in [3.8, 4) is 5.75 Å². The van der Waals surface area contributed by atoms with Gasteiger partial charge in [-0.2, -0.15) is 13.2 Å². The smallest absolute Gasteiger partial charge is 0.411 e. The van der Waals surface area contributed by atoms with E-state index in [1.54, 1.807) is 25.3 Å². The molecule has 0 bridgehead atoms. The van der Waals surface area contributed by atoms with Crippen LogP contribution in [0, 0.1) is 0 Å². The van der Waals surface area contributed by atoms with Gasteiger partial charge in [0.1, 0.15) is 12.4 Å². The number of alkyl halides is 4. The van der Waals surface area contributed by atoms with Gasteiger partial charge in [0.25, 0.3) is 0 Å². The summed E-state index contributed by atoms with van der Waals surface area (Å²) in [6, 6.07) is 5.24. The zero-order chi connectivity index (χ0) is 13.8. The molecule has 0 aliphatic heterocycles. The molecule has 0 aliphatic rings. The fraction of sp³-hybridized carbons (Fsp3) is 0.455. The highest BCUT2D eigenvalue weighted by molar-refractivity contribution is 9.11. The molecule has 1 aromatic carbocycles. The second-order valence-corrected chi connectivity index (χ2v) is 5.44. The van der Waals surface area contributed by atoms with Gasteiger partial charge in [-0.05, 0) is 17.7 Å². The molecule has 18 heavy (non-hydrogen) atoms. The Labute approximate surface area is 120 Å². The highest BCUT2D eigenvalue weighted by Gasteiger charge is 2.28. The van der Waals surface area contributed by atoms with E-state index in [4.69, 9.17) is 4.74 Å². The third-order valence-electron chi connectivity index (χ3n) is 2.07. The van der Waals surface area contributed by atoms with E-state index in [0.717, 1.165) is 10.0 Å². The molecular formula is C11H11Br2F3O2. The molecule has 0 spiro atoms. The van der Waals surface area contributed by atoms with Crippen molar-refractivity contribution in [3.63, 3.8) is 0 Å². The predicted molar refractivity (Wildman–Crippen MR) is 69.2 cm³/mol. The average molecular weight is 392 g/mol.